The summed E-state index contributed by atoms with van der Waals surface area (Å²) in [6, 6.07) is 16.1. The van der Waals surface area contributed by atoms with Crippen molar-refractivity contribution in [2.75, 3.05) is 0 Å². The maximum Gasteiger partial charge on any atom is 0.172 e. The molecule has 0 N–H and O–H groups in total. The molecular weight excluding hydrogens is 272 g/mol. The fourth-order valence-corrected chi connectivity index (χ4v) is 2.90. The number of nitrogens with zero attached hydrogens (tertiary/aromatic N) is 2. The maximum absolute atomic E-state index is 12.4. The zero-order chi connectivity index (χ0) is 15.1. The minimum atomic E-state index is 0.0872. The molecule has 2 heterocycles. The summed E-state index contributed by atoms with van der Waals surface area (Å²) in [5.74, 6) is 0.619. The standard InChI is InChI=1S/C19H14N2O/c1-12-9-16-18(22)10-17(21-19(16)20-11-12)15-8-4-6-13-5-2-3-7-14(13)15/h2-9,11H,10H2,1H3. The number of rotatable bonds is 1. The normalized spacial score (nSPS) is 13.9. The smallest absolute Gasteiger partial charge is 0.172 e. The average molecular weight is 286 g/mol. The van der Waals surface area contributed by atoms with Gasteiger partial charge in [-0.1, -0.05) is 42.5 Å². The number of aromatic nitrogens is 1. The summed E-state index contributed by atoms with van der Waals surface area (Å²) in [5.41, 5.74) is 3.42. The number of Topliss-reactive ketones (excluding diaryl/α,β-unsaturated/α-hetero) is 1. The van der Waals surface area contributed by atoms with Gasteiger partial charge in [0.2, 0.25) is 0 Å². The zero-order valence-electron chi connectivity index (χ0n) is 12.2. The number of aliphatic imine (C=N–C) groups is 1. The second-order valence-corrected chi connectivity index (χ2v) is 5.57. The third kappa shape index (κ3) is 2.02. The monoisotopic (exact) mass is 286 g/mol. The van der Waals surface area contributed by atoms with E-state index in [1.165, 1.54) is 0 Å². The summed E-state index contributed by atoms with van der Waals surface area (Å²) in [7, 11) is 0. The Morgan fingerprint density at radius 1 is 1.00 bits per heavy atom. The second kappa shape index (κ2) is 4.88. The van der Waals surface area contributed by atoms with Crippen LogP contribution < -0.4 is 0 Å². The highest BCUT2D eigenvalue weighted by atomic mass is 16.1. The number of hydrogen-bond acceptors (Lipinski definition) is 3. The van der Waals surface area contributed by atoms with Crippen LogP contribution in [0, 0.1) is 6.92 Å². The molecule has 0 spiro atoms. The highest BCUT2D eigenvalue weighted by molar-refractivity contribution is 6.23. The Morgan fingerprint density at radius 3 is 2.73 bits per heavy atom. The van der Waals surface area contributed by atoms with Gasteiger partial charge in [-0.05, 0) is 29.3 Å². The number of hydrogen-bond donors (Lipinski definition) is 0. The molecule has 0 atom stereocenters. The molecule has 1 aliphatic heterocycles. The fourth-order valence-electron chi connectivity index (χ4n) is 2.90. The highest BCUT2D eigenvalue weighted by Gasteiger charge is 2.22. The van der Waals surface area contributed by atoms with Gasteiger partial charge in [0.15, 0.2) is 11.6 Å². The Labute approximate surface area is 128 Å². The fraction of sp³-hybridized carbons (Fsp3) is 0.105. The quantitative estimate of drug-likeness (QED) is 0.671. The van der Waals surface area contributed by atoms with E-state index in [0.29, 0.717) is 17.8 Å². The Kier molecular flexibility index (Phi) is 2.86. The van der Waals surface area contributed by atoms with Crippen molar-refractivity contribution in [2.45, 2.75) is 13.3 Å². The van der Waals surface area contributed by atoms with Crippen LogP contribution in [0.4, 0.5) is 5.82 Å². The summed E-state index contributed by atoms with van der Waals surface area (Å²) in [4.78, 5) is 21.4. The summed E-state index contributed by atoms with van der Waals surface area (Å²) < 4.78 is 0. The van der Waals surface area contributed by atoms with E-state index in [0.717, 1.165) is 27.6 Å². The molecule has 3 heteroatoms. The third-order valence-electron chi connectivity index (χ3n) is 3.97. The number of fused-ring (bicyclic) bond motifs is 2. The Balaban J connectivity index is 1.93. The number of aryl methyl sites for hydroxylation is 1. The minimum absolute atomic E-state index is 0.0872. The molecule has 0 saturated carbocycles. The van der Waals surface area contributed by atoms with Crippen LogP contribution in [0.1, 0.15) is 27.9 Å². The van der Waals surface area contributed by atoms with Crippen LogP contribution in [-0.4, -0.2) is 16.5 Å². The molecular formula is C19H14N2O. The van der Waals surface area contributed by atoms with E-state index in [9.17, 15) is 4.79 Å². The predicted molar refractivity (Wildman–Crippen MR) is 88.1 cm³/mol. The van der Waals surface area contributed by atoms with E-state index < -0.39 is 0 Å². The number of ketones is 1. The third-order valence-corrected chi connectivity index (χ3v) is 3.97. The molecule has 0 aliphatic carbocycles. The van der Waals surface area contributed by atoms with Crippen molar-refractivity contribution in [1.82, 2.24) is 4.98 Å². The van der Waals surface area contributed by atoms with Crippen molar-refractivity contribution in [1.29, 1.82) is 0 Å². The predicted octanol–water partition coefficient (Wildman–Crippen LogP) is 4.25. The second-order valence-electron chi connectivity index (χ2n) is 5.57. The Bertz CT molecular complexity index is 936. The number of carbonyl (C=O) groups is 1. The lowest BCUT2D eigenvalue weighted by atomic mass is 9.94. The summed E-state index contributed by atoms with van der Waals surface area (Å²) in [5, 5.41) is 2.27. The maximum atomic E-state index is 12.4. The van der Waals surface area contributed by atoms with Gasteiger partial charge in [0.1, 0.15) is 0 Å². The van der Waals surface area contributed by atoms with E-state index >= 15 is 0 Å². The zero-order valence-corrected chi connectivity index (χ0v) is 12.2. The molecule has 0 radical (unpaired) electrons. The van der Waals surface area contributed by atoms with Crippen molar-refractivity contribution < 1.29 is 4.79 Å². The summed E-state index contributed by atoms with van der Waals surface area (Å²) >= 11 is 0. The van der Waals surface area contributed by atoms with Crippen LogP contribution in [-0.2, 0) is 0 Å². The SMILES string of the molecule is Cc1cnc2c(c1)C(=O)CC(c1cccc3ccccc13)=N2. The van der Waals surface area contributed by atoms with Crippen LogP contribution >= 0.6 is 0 Å². The van der Waals surface area contributed by atoms with Gasteiger partial charge in [0.25, 0.3) is 0 Å². The van der Waals surface area contributed by atoms with Crippen molar-refractivity contribution in [3.8, 4) is 0 Å². The lowest BCUT2D eigenvalue weighted by Crippen LogP contribution is -2.15. The summed E-state index contributed by atoms with van der Waals surface area (Å²) in [6.07, 6.45) is 2.08. The van der Waals surface area contributed by atoms with Gasteiger partial charge in [-0.15, -0.1) is 0 Å². The van der Waals surface area contributed by atoms with Crippen molar-refractivity contribution in [3.05, 3.63) is 71.4 Å². The molecule has 3 aromatic rings. The van der Waals surface area contributed by atoms with Crippen LogP contribution in [0.5, 0.6) is 0 Å². The van der Waals surface area contributed by atoms with Gasteiger partial charge in [-0.2, -0.15) is 0 Å². The molecule has 0 saturated heterocycles. The molecule has 22 heavy (non-hydrogen) atoms. The molecule has 1 aliphatic rings. The van der Waals surface area contributed by atoms with E-state index in [1.807, 2.05) is 37.3 Å². The van der Waals surface area contributed by atoms with Crippen molar-refractivity contribution in [2.24, 2.45) is 4.99 Å². The number of carbonyl (C=O) groups excluding carboxylic acids is 1. The van der Waals surface area contributed by atoms with Crippen molar-refractivity contribution in [3.63, 3.8) is 0 Å². The minimum Gasteiger partial charge on any atom is -0.294 e. The first kappa shape index (κ1) is 12.9. The Hall–Kier alpha value is -2.81. The van der Waals surface area contributed by atoms with Crippen LogP contribution in [0.3, 0.4) is 0 Å². The van der Waals surface area contributed by atoms with E-state index in [1.54, 1.807) is 6.20 Å². The van der Waals surface area contributed by atoms with E-state index in [2.05, 4.69) is 28.2 Å². The lowest BCUT2D eigenvalue weighted by molar-refractivity contribution is 0.0999. The molecule has 0 fully saturated rings. The lowest BCUT2D eigenvalue weighted by Gasteiger charge is -2.15. The summed E-state index contributed by atoms with van der Waals surface area (Å²) in [6.45, 7) is 1.94. The van der Waals surface area contributed by atoms with Gasteiger partial charge >= 0.3 is 0 Å². The van der Waals surface area contributed by atoms with E-state index in [4.69, 9.17) is 0 Å². The molecule has 106 valence electrons. The van der Waals surface area contributed by atoms with Gasteiger partial charge in [-0.25, -0.2) is 9.98 Å². The first-order valence-electron chi connectivity index (χ1n) is 7.28. The van der Waals surface area contributed by atoms with Crippen LogP contribution in [0.15, 0.2) is 59.7 Å². The van der Waals surface area contributed by atoms with E-state index in [-0.39, 0.29) is 5.78 Å². The van der Waals surface area contributed by atoms with Crippen molar-refractivity contribution >= 4 is 28.1 Å². The first-order valence-corrected chi connectivity index (χ1v) is 7.28. The molecule has 2 aromatic carbocycles. The molecule has 0 unspecified atom stereocenters. The topological polar surface area (TPSA) is 42.3 Å². The number of benzene rings is 2. The molecule has 1 aromatic heterocycles. The molecule has 0 bridgehead atoms. The van der Waals surface area contributed by atoms with Gasteiger partial charge in [0.05, 0.1) is 17.7 Å². The average Bonchev–Trinajstić information content (AvgIpc) is 2.55. The largest absolute Gasteiger partial charge is 0.294 e. The molecule has 4 rings (SSSR count). The van der Waals surface area contributed by atoms with Gasteiger partial charge in [0, 0.05) is 11.8 Å². The van der Waals surface area contributed by atoms with Gasteiger partial charge < -0.3 is 0 Å². The Morgan fingerprint density at radius 2 is 1.82 bits per heavy atom. The molecule has 0 amide bonds. The van der Waals surface area contributed by atoms with Crippen LogP contribution in [0.25, 0.3) is 10.8 Å². The first-order chi connectivity index (χ1) is 10.7. The molecule has 3 nitrogen and oxygen atoms in total. The van der Waals surface area contributed by atoms with Gasteiger partial charge in [-0.3, -0.25) is 4.79 Å². The number of pyridine rings is 1. The highest BCUT2D eigenvalue weighted by Crippen LogP contribution is 2.29. The van der Waals surface area contributed by atoms with Crippen LogP contribution in [0.2, 0.25) is 0 Å².